The SMILES string of the molecule is CCOC(=O)CC[C@H](NC(=O)c1ccc(CNc2nc3cc(C(F)(F)F)ccc3nc2C(=O)OCC)cc1)C(=O)OCC. The summed E-state index contributed by atoms with van der Waals surface area (Å²) in [5.41, 5.74) is -0.257. The zero-order valence-corrected chi connectivity index (χ0v) is 23.7. The number of rotatable bonds is 13. The predicted molar refractivity (Wildman–Crippen MR) is 148 cm³/mol. The lowest BCUT2D eigenvalue weighted by Gasteiger charge is -2.17. The second kappa shape index (κ2) is 14.9. The normalized spacial score (nSPS) is 11.9. The number of nitrogens with one attached hydrogen (secondary N) is 2. The van der Waals surface area contributed by atoms with Gasteiger partial charge in [0.1, 0.15) is 6.04 Å². The summed E-state index contributed by atoms with van der Waals surface area (Å²) < 4.78 is 54.6. The number of carbonyl (C=O) groups is 4. The number of amides is 1. The van der Waals surface area contributed by atoms with E-state index in [-0.39, 0.29) is 67.3 Å². The van der Waals surface area contributed by atoms with E-state index in [0.29, 0.717) is 5.56 Å². The van der Waals surface area contributed by atoms with Gasteiger partial charge in [-0.3, -0.25) is 9.59 Å². The van der Waals surface area contributed by atoms with Crippen LogP contribution >= 0.6 is 0 Å². The molecule has 0 fully saturated rings. The van der Waals surface area contributed by atoms with Crippen molar-refractivity contribution in [1.82, 2.24) is 15.3 Å². The van der Waals surface area contributed by atoms with Crippen molar-refractivity contribution in [1.29, 1.82) is 0 Å². The van der Waals surface area contributed by atoms with Crippen LogP contribution in [0.3, 0.4) is 0 Å². The number of esters is 3. The minimum Gasteiger partial charge on any atom is -0.466 e. The summed E-state index contributed by atoms with van der Waals surface area (Å²) in [4.78, 5) is 57.8. The molecular weight excluding hydrogens is 573 g/mol. The summed E-state index contributed by atoms with van der Waals surface area (Å²) in [5.74, 6) is -2.65. The molecule has 230 valence electrons. The summed E-state index contributed by atoms with van der Waals surface area (Å²) in [6.07, 6.45) is -4.69. The van der Waals surface area contributed by atoms with Gasteiger partial charge in [0.15, 0.2) is 11.5 Å². The van der Waals surface area contributed by atoms with Crippen LogP contribution in [-0.2, 0) is 36.5 Å². The highest BCUT2D eigenvalue weighted by Crippen LogP contribution is 2.31. The molecule has 3 rings (SSSR count). The molecule has 0 spiro atoms. The number of halogens is 3. The first-order valence-corrected chi connectivity index (χ1v) is 13.5. The smallest absolute Gasteiger partial charge is 0.416 e. The Bertz CT molecular complexity index is 1460. The Morgan fingerprint density at radius 1 is 0.860 bits per heavy atom. The summed E-state index contributed by atoms with van der Waals surface area (Å²) in [6.45, 7) is 5.27. The second-order valence-corrected chi connectivity index (χ2v) is 9.01. The zero-order chi connectivity index (χ0) is 31.6. The molecule has 0 aliphatic carbocycles. The molecule has 0 saturated heterocycles. The minimum absolute atomic E-state index is 0.00847. The van der Waals surface area contributed by atoms with Crippen molar-refractivity contribution >= 4 is 40.7 Å². The third-order valence-electron chi connectivity index (χ3n) is 5.96. The van der Waals surface area contributed by atoms with Gasteiger partial charge in [-0.05, 0) is 63.1 Å². The Morgan fingerprint density at radius 3 is 2.16 bits per heavy atom. The van der Waals surface area contributed by atoms with E-state index in [1.54, 1.807) is 32.9 Å². The highest BCUT2D eigenvalue weighted by molar-refractivity contribution is 5.97. The quantitative estimate of drug-likeness (QED) is 0.212. The molecule has 0 radical (unpaired) electrons. The zero-order valence-electron chi connectivity index (χ0n) is 23.7. The van der Waals surface area contributed by atoms with Crippen LogP contribution in [0.2, 0.25) is 0 Å². The monoisotopic (exact) mass is 604 g/mol. The molecule has 1 amide bonds. The first-order valence-electron chi connectivity index (χ1n) is 13.5. The Kier molecular flexibility index (Phi) is 11.4. The third kappa shape index (κ3) is 9.12. The first kappa shape index (κ1) is 32.8. The fourth-order valence-corrected chi connectivity index (χ4v) is 3.88. The van der Waals surface area contributed by atoms with Crippen LogP contribution in [-0.4, -0.2) is 59.6 Å². The molecular formula is C29H31F3N4O7. The molecule has 43 heavy (non-hydrogen) atoms. The maximum absolute atomic E-state index is 13.2. The number of fused-ring (bicyclic) bond motifs is 1. The maximum atomic E-state index is 13.2. The molecule has 1 aromatic heterocycles. The van der Waals surface area contributed by atoms with Crippen molar-refractivity contribution in [3.63, 3.8) is 0 Å². The van der Waals surface area contributed by atoms with Crippen LogP contribution in [0.4, 0.5) is 19.0 Å². The molecule has 0 aliphatic rings. The van der Waals surface area contributed by atoms with Crippen LogP contribution in [0.25, 0.3) is 11.0 Å². The molecule has 0 aliphatic heterocycles. The van der Waals surface area contributed by atoms with Crippen LogP contribution in [0.15, 0.2) is 42.5 Å². The van der Waals surface area contributed by atoms with Gasteiger partial charge >= 0.3 is 24.1 Å². The molecule has 2 N–H and O–H groups in total. The Morgan fingerprint density at radius 2 is 1.53 bits per heavy atom. The number of alkyl halides is 3. The number of nitrogens with zero attached hydrogens (tertiary/aromatic N) is 2. The number of benzene rings is 2. The van der Waals surface area contributed by atoms with Crippen molar-refractivity contribution in [3.8, 4) is 0 Å². The van der Waals surface area contributed by atoms with Gasteiger partial charge in [0, 0.05) is 18.5 Å². The lowest BCUT2D eigenvalue weighted by molar-refractivity contribution is -0.147. The van der Waals surface area contributed by atoms with Gasteiger partial charge in [-0.25, -0.2) is 19.6 Å². The average Bonchev–Trinajstić information content (AvgIpc) is 2.97. The summed E-state index contributed by atoms with van der Waals surface area (Å²) in [7, 11) is 0. The van der Waals surface area contributed by atoms with Crippen LogP contribution in [0.1, 0.15) is 65.6 Å². The minimum atomic E-state index is -4.59. The number of ether oxygens (including phenoxy) is 3. The van der Waals surface area contributed by atoms with Gasteiger partial charge in [-0.1, -0.05) is 12.1 Å². The fourth-order valence-electron chi connectivity index (χ4n) is 3.88. The van der Waals surface area contributed by atoms with E-state index in [9.17, 15) is 32.3 Å². The van der Waals surface area contributed by atoms with Crippen LogP contribution in [0, 0.1) is 0 Å². The molecule has 14 heteroatoms. The van der Waals surface area contributed by atoms with Crippen molar-refractivity contribution in [2.45, 2.75) is 52.4 Å². The van der Waals surface area contributed by atoms with E-state index in [0.717, 1.165) is 18.2 Å². The lowest BCUT2D eigenvalue weighted by atomic mass is 10.1. The molecule has 1 atom stereocenters. The third-order valence-corrected chi connectivity index (χ3v) is 5.96. The molecule has 11 nitrogen and oxygen atoms in total. The molecule has 2 aromatic carbocycles. The summed E-state index contributed by atoms with van der Waals surface area (Å²) in [5, 5.41) is 5.48. The number of carbonyl (C=O) groups excluding carboxylic acids is 4. The van der Waals surface area contributed by atoms with Crippen LogP contribution in [0.5, 0.6) is 0 Å². The summed E-state index contributed by atoms with van der Waals surface area (Å²) in [6, 6.07) is 7.94. The standard InChI is InChI=1S/C29H31F3N4O7/c1-4-41-23(37)14-13-21(27(39)42-5-2)36-26(38)18-9-7-17(8-10-18)16-33-25-24(28(40)43-6-3)34-20-12-11-19(29(30,31)32)15-22(20)35-25/h7-12,15,21H,4-6,13-14,16H2,1-3H3,(H,33,35)(H,36,38)/t21-/m0/s1. The van der Waals surface area contributed by atoms with Gasteiger partial charge in [0.05, 0.1) is 36.4 Å². The molecule has 0 saturated carbocycles. The van der Waals surface area contributed by atoms with Crippen molar-refractivity contribution in [2.24, 2.45) is 0 Å². The number of aromatic nitrogens is 2. The number of hydrogen-bond donors (Lipinski definition) is 2. The highest BCUT2D eigenvalue weighted by atomic mass is 19.4. The van der Waals surface area contributed by atoms with E-state index < -0.39 is 41.6 Å². The Labute approximate surface area is 245 Å². The van der Waals surface area contributed by atoms with Crippen molar-refractivity contribution in [2.75, 3.05) is 25.1 Å². The van der Waals surface area contributed by atoms with Gasteiger partial charge in [-0.15, -0.1) is 0 Å². The molecule has 3 aromatic rings. The first-order chi connectivity index (χ1) is 20.5. The maximum Gasteiger partial charge on any atom is 0.416 e. The van der Waals surface area contributed by atoms with Crippen molar-refractivity contribution < 1.29 is 46.6 Å². The van der Waals surface area contributed by atoms with Gasteiger partial charge in [0.2, 0.25) is 0 Å². The topological polar surface area (TPSA) is 146 Å². The summed E-state index contributed by atoms with van der Waals surface area (Å²) >= 11 is 0. The van der Waals surface area contributed by atoms with E-state index in [1.165, 1.54) is 12.1 Å². The number of hydrogen-bond acceptors (Lipinski definition) is 10. The Balaban J connectivity index is 1.76. The van der Waals surface area contributed by atoms with Crippen molar-refractivity contribution in [3.05, 3.63) is 64.8 Å². The lowest BCUT2D eigenvalue weighted by Crippen LogP contribution is -2.42. The van der Waals surface area contributed by atoms with E-state index in [1.807, 2.05) is 0 Å². The molecule has 0 bridgehead atoms. The molecule has 0 unspecified atom stereocenters. The molecule has 1 heterocycles. The van der Waals surface area contributed by atoms with E-state index >= 15 is 0 Å². The van der Waals surface area contributed by atoms with Crippen LogP contribution < -0.4 is 10.6 Å². The predicted octanol–water partition coefficient (Wildman–Crippen LogP) is 4.44. The highest BCUT2D eigenvalue weighted by Gasteiger charge is 2.31. The Hall–Kier alpha value is -4.75. The second-order valence-electron chi connectivity index (χ2n) is 9.01. The largest absolute Gasteiger partial charge is 0.466 e. The van der Waals surface area contributed by atoms with Gasteiger partial charge in [-0.2, -0.15) is 13.2 Å². The van der Waals surface area contributed by atoms with Gasteiger partial charge < -0.3 is 24.8 Å². The van der Waals surface area contributed by atoms with E-state index in [4.69, 9.17) is 14.2 Å². The van der Waals surface area contributed by atoms with E-state index in [2.05, 4.69) is 20.6 Å². The fraction of sp³-hybridized carbons (Fsp3) is 0.379. The van der Waals surface area contributed by atoms with Gasteiger partial charge in [0.25, 0.3) is 5.91 Å². The number of anilines is 1. The average molecular weight is 605 g/mol.